The zero-order valence-electron chi connectivity index (χ0n) is 10.5. The van der Waals surface area contributed by atoms with Gasteiger partial charge in [-0.2, -0.15) is 0 Å². The minimum Gasteiger partial charge on any atom is -0.480 e. The van der Waals surface area contributed by atoms with E-state index < -0.39 is 11.5 Å². The number of carbonyl (C=O) groups excluding carboxylic acids is 1. The van der Waals surface area contributed by atoms with E-state index in [1.165, 1.54) is 11.3 Å². The van der Waals surface area contributed by atoms with Crippen molar-refractivity contribution in [2.24, 2.45) is 0 Å². The summed E-state index contributed by atoms with van der Waals surface area (Å²) in [7, 11) is 0. The first kappa shape index (κ1) is 12.9. The van der Waals surface area contributed by atoms with Crippen molar-refractivity contribution in [1.29, 1.82) is 0 Å². The van der Waals surface area contributed by atoms with Gasteiger partial charge in [0.2, 0.25) is 5.91 Å². The topological polar surface area (TPSA) is 92.4 Å². The van der Waals surface area contributed by atoms with Gasteiger partial charge in [0.25, 0.3) is 0 Å². The quantitative estimate of drug-likeness (QED) is 0.874. The van der Waals surface area contributed by atoms with Crippen molar-refractivity contribution >= 4 is 23.2 Å². The predicted molar refractivity (Wildman–Crippen MR) is 71.3 cm³/mol. The summed E-state index contributed by atoms with van der Waals surface area (Å²) in [5.74, 6) is -1.28. The Balaban J connectivity index is 1.64. The van der Waals surface area contributed by atoms with Crippen molar-refractivity contribution in [3.63, 3.8) is 0 Å². The van der Waals surface area contributed by atoms with E-state index in [2.05, 4.69) is 10.3 Å². The van der Waals surface area contributed by atoms with Crippen LogP contribution < -0.4 is 5.32 Å². The summed E-state index contributed by atoms with van der Waals surface area (Å²) in [4.78, 5) is 27.2. The highest BCUT2D eigenvalue weighted by Crippen LogP contribution is 2.35. The van der Waals surface area contributed by atoms with Crippen LogP contribution in [0.4, 0.5) is 0 Å². The maximum Gasteiger partial charge on any atom is 0.329 e. The van der Waals surface area contributed by atoms with Crippen LogP contribution in [0.25, 0.3) is 10.6 Å². The fourth-order valence-electron chi connectivity index (χ4n) is 1.90. The molecule has 0 aliphatic heterocycles. The lowest BCUT2D eigenvalue weighted by molar-refractivity contribution is -0.143. The van der Waals surface area contributed by atoms with Gasteiger partial charge in [-0.3, -0.25) is 4.79 Å². The molecule has 6 nitrogen and oxygen atoms in total. The second-order valence-electron chi connectivity index (χ2n) is 4.77. The molecule has 0 atom stereocenters. The molecule has 20 heavy (non-hydrogen) atoms. The van der Waals surface area contributed by atoms with E-state index in [0.29, 0.717) is 18.5 Å². The Hall–Kier alpha value is -2.15. The summed E-state index contributed by atoms with van der Waals surface area (Å²) >= 11 is 1.42. The van der Waals surface area contributed by atoms with Gasteiger partial charge in [-0.15, -0.1) is 11.3 Å². The third-order valence-corrected chi connectivity index (χ3v) is 4.14. The average molecular weight is 292 g/mol. The maximum atomic E-state index is 11.8. The number of hydrogen-bond acceptors (Lipinski definition) is 5. The molecule has 2 N–H and O–H groups in total. The summed E-state index contributed by atoms with van der Waals surface area (Å²) < 4.78 is 4.98. The number of carbonyl (C=O) groups is 2. The molecular weight excluding hydrogens is 280 g/mol. The number of nitrogens with one attached hydrogen (secondary N) is 1. The van der Waals surface area contributed by atoms with Gasteiger partial charge in [0.15, 0.2) is 0 Å². The van der Waals surface area contributed by atoms with E-state index in [4.69, 9.17) is 9.52 Å². The molecular formula is C13H12N2O4S. The molecule has 0 saturated heterocycles. The van der Waals surface area contributed by atoms with Crippen LogP contribution >= 0.6 is 11.3 Å². The van der Waals surface area contributed by atoms with Gasteiger partial charge >= 0.3 is 5.97 Å². The fraction of sp³-hybridized carbons (Fsp3) is 0.308. The van der Waals surface area contributed by atoms with Crippen LogP contribution in [0.2, 0.25) is 0 Å². The van der Waals surface area contributed by atoms with Gasteiger partial charge in [-0.1, -0.05) is 0 Å². The van der Waals surface area contributed by atoms with Crippen LogP contribution in [-0.4, -0.2) is 27.5 Å². The molecule has 1 aliphatic rings. The SMILES string of the molecule is O=C(Cc1csc(-c2ccoc2)n1)NC1(C(=O)O)CC1. The van der Waals surface area contributed by atoms with E-state index in [0.717, 1.165) is 10.6 Å². The van der Waals surface area contributed by atoms with E-state index in [1.807, 2.05) is 0 Å². The molecule has 0 unspecified atom stereocenters. The summed E-state index contributed by atoms with van der Waals surface area (Å²) in [5.41, 5.74) is 0.455. The van der Waals surface area contributed by atoms with Crippen molar-refractivity contribution in [1.82, 2.24) is 10.3 Å². The smallest absolute Gasteiger partial charge is 0.329 e. The van der Waals surface area contributed by atoms with E-state index in [9.17, 15) is 9.59 Å². The molecule has 2 aromatic rings. The number of rotatable bonds is 5. The summed E-state index contributed by atoms with van der Waals surface area (Å²) in [6, 6.07) is 1.80. The van der Waals surface area contributed by atoms with Crippen LogP contribution in [0.3, 0.4) is 0 Å². The lowest BCUT2D eigenvalue weighted by Gasteiger charge is -2.11. The van der Waals surface area contributed by atoms with Crippen LogP contribution in [0.15, 0.2) is 28.4 Å². The third-order valence-electron chi connectivity index (χ3n) is 3.20. The Morgan fingerprint density at radius 3 is 2.90 bits per heavy atom. The molecule has 3 rings (SSSR count). The molecule has 2 heterocycles. The summed E-state index contributed by atoms with van der Waals surface area (Å²) in [6.45, 7) is 0. The molecule has 0 radical (unpaired) electrons. The maximum absolute atomic E-state index is 11.8. The number of nitrogens with zero attached hydrogens (tertiary/aromatic N) is 1. The monoisotopic (exact) mass is 292 g/mol. The summed E-state index contributed by atoms with van der Waals surface area (Å²) in [6.07, 6.45) is 4.22. The number of amides is 1. The molecule has 1 aliphatic carbocycles. The number of carboxylic acids is 1. The minimum atomic E-state index is -1.04. The van der Waals surface area contributed by atoms with Crippen molar-refractivity contribution in [3.05, 3.63) is 29.7 Å². The molecule has 0 bridgehead atoms. The van der Waals surface area contributed by atoms with Crippen LogP contribution in [0, 0.1) is 0 Å². The number of aromatic nitrogens is 1. The molecule has 1 saturated carbocycles. The Bertz CT molecular complexity index is 643. The molecule has 2 aromatic heterocycles. The molecule has 1 amide bonds. The summed E-state index contributed by atoms with van der Waals surface area (Å²) in [5, 5.41) is 14.1. The molecule has 7 heteroatoms. The average Bonchev–Trinajstić information content (AvgIpc) is 2.83. The normalized spacial score (nSPS) is 15.8. The standard InChI is InChI=1S/C13H12N2O4S/c16-10(15-13(2-3-13)12(17)18)5-9-7-20-11(14-9)8-1-4-19-6-8/h1,4,6-7H,2-3,5H2,(H,15,16)(H,17,18). The lowest BCUT2D eigenvalue weighted by atomic mass is 10.2. The largest absolute Gasteiger partial charge is 0.480 e. The second kappa shape index (κ2) is 4.75. The Morgan fingerprint density at radius 2 is 2.30 bits per heavy atom. The van der Waals surface area contributed by atoms with Gasteiger partial charge in [-0.25, -0.2) is 9.78 Å². The lowest BCUT2D eigenvalue weighted by Crippen LogP contribution is -2.43. The highest BCUT2D eigenvalue weighted by atomic mass is 32.1. The highest BCUT2D eigenvalue weighted by Gasteiger charge is 2.51. The van der Waals surface area contributed by atoms with Crippen LogP contribution in [0.1, 0.15) is 18.5 Å². The van der Waals surface area contributed by atoms with E-state index >= 15 is 0 Å². The fourth-order valence-corrected chi connectivity index (χ4v) is 2.71. The van der Waals surface area contributed by atoms with Gasteiger partial charge in [0.1, 0.15) is 16.8 Å². The number of thiazole rings is 1. The first-order valence-corrected chi connectivity index (χ1v) is 6.98. The first-order chi connectivity index (χ1) is 9.59. The zero-order valence-corrected chi connectivity index (χ0v) is 11.3. The number of aliphatic carboxylic acids is 1. The number of furan rings is 1. The van der Waals surface area contributed by atoms with Gasteiger partial charge in [0.05, 0.1) is 18.4 Å². The van der Waals surface area contributed by atoms with Crippen molar-refractivity contribution < 1.29 is 19.1 Å². The second-order valence-corrected chi connectivity index (χ2v) is 5.63. The van der Waals surface area contributed by atoms with Gasteiger partial charge in [-0.05, 0) is 18.9 Å². The Kier molecular flexibility index (Phi) is 3.06. The van der Waals surface area contributed by atoms with E-state index in [1.54, 1.807) is 24.0 Å². The molecule has 0 spiro atoms. The molecule has 104 valence electrons. The highest BCUT2D eigenvalue weighted by molar-refractivity contribution is 7.13. The number of hydrogen-bond donors (Lipinski definition) is 2. The van der Waals surface area contributed by atoms with Crippen LogP contribution in [-0.2, 0) is 16.0 Å². The van der Waals surface area contributed by atoms with Crippen molar-refractivity contribution in [3.8, 4) is 10.6 Å². The Morgan fingerprint density at radius 1 is 1.50 bits per heavy atom. The number of carboxylic acid groups (broad SMARTS) is 1. The third kappa shape index (κ3) is 2.44. The zero-order chi connectivity index (χ0) is 14.2. The van der Waals surface area contributed by atoms with E-state index in [-0.39, 0.29) is 12.3 Å². The van der Waals surface area contributed by atoms with Crippen molar-refractivity contribution in [2.75, 3.05) is 0 Å². The minimum absolute atomic E-state index is 0.0867. The first-order valence-electron chi connectivity index (χ1n) is 6.10. The molecule has 1 fully saturated rings. The van der Waals surface area contributed by atoms with Gasteiger partial charge in [0, 0.05) is 10.9 Å². The van der Waals surface area contributed by atoms with Crippen molar-refractivity contribution in [2.45, 2.75) is 24.8 Å². The predicted octanol–water partition coefficient (Wildman–Crippen LogP) is 1.68. The van der Waals surface area contributed by atoms with Crippen LogP contribution in [0.5, 0.6) is 0 Å². The van der Waals surface area contributed by atoms with Gasteiger partial charge < -0.3 is 14.8 Å². The Labute approximate surface area is 118 Å². The molecule has 0 aromatic carbocycles.